The largest absolute Gasteiger partial charge is 0.416 e. The van der Waals surface area contributed by atoms with Crippen molar-refractivity contribution < 1.29 is 54.2 Å². The summed E-state index contributed by atoms with van der Waals surface area (Å²) in [4.78, 5) is 24.1. The van der Waals surface area contributed by atoms with Crippen LogP contribution in [0.5, 0.6) is 11.5 Å². The van der Waals surface area contributed by atoms with Crippen LogP contribution < -0.4 is 9.47 Å². The van der Waals surface area contributed by atoms with Crippen molar-refractivity contribution in [2.24, 2.45) is 0 Å². The monoisotopic (exact) mass is 538 g/mol. The van der Waals surface area contributed by atoms with Gasteiger partial charge in [0, 0.05) is 0 Å². The fourth-order valence-corrected chi connectivity index (χ4v) is 3.29. The van der Waals surface area contributed by atoms with E-state index in [1.807, 2.05) is 0 Å². The molecule has 0 aliphatic heterocycles. The van der Waals surface area contributed by atoms with Crippen molar-refractivity contribution in [3.05, 3.63) is 118 Å². The van der Waals surface area contributed by atoms with Gasteiger partial charge in [-0.25, -0.2) is 27.2 Å². The first-order valence-electron chi connectivity index (χ1n) is 10.3. The molecule has 4 nitrogen and oxygen atoms in total. The maximum absolute atomic E-state index is 14.8. The smallest absolute Gasteiger partial charge is 0.343 e. The summed E-state index contributed by atoms with van der Waals surface area (Å²) in [6.45, 7) is 0. The Morgan fingerprint density at radius 1 is 0.421 bits per heavy atom. The van der Waals surface area contributed by atoms with Gasteiger partial charge in [0.2, 0.25) is 34.8 Å². The number of carbonyl (C=O) groups is 2. The lowest BCUT2D eigenvalue weighted by Gasteiger charge is -2.15. The van der Waals surface area contributed by atoms with Gasteiger partial charge >= 0.3 is 11.9 Å². The molecule has 0 heterocycles. The first-order valence-corrected chi connectivity index (χ1v) is 10.3. The lowest BCUT2D eigenvalue weighted by Crippen LogP contribution is -2.15. The van der Waals surface area contributed by atoms with Gasteiger partial charge in [-0.2, -0.15) is 17.6 Å². The summed E-state index contributed by atoms with van der Waals surface area (Å²) in [7, 11) is 0. The molecule has 12 heteroatoms. The Morgan fingerprint density at radius 2 is 0.684 bits per heavy atom. The van der Waals surface area contributed by atoms with Crippen molar-refractivity contribution in [1.29, 1.82) is 0 Å². The standard InChI is InChI=1S/C26H10F8O4/c27-15-13(16(28)20(32)23(19(15)31)37-25(35)11-7-3-1-4-8-11)14-17(29)21(33)24(22(34)18(14)30)38-26(36)12-9-5-2-6-10-12/h1-10H. The van der Waals surface area contributed by atoms with Gasteiger partial charge in [0.05, 0.1) is 22.3 Å². The van der Waals surface area contributed by atoms with E-state index in [9.17, 15) is 44.7 Å². The average molecular weight is 538 g/mol. The van der Waals surface area contributed by atoms with Crippen LogP contribution in [0.4, 0.5) is 35.1 Å². The van der Waals surface area contributed by atoms with Gasteiger partial charge in [0.25, 0.3) is 0 Å². The number of hydrogen-bond donors (Lipinski definition) is 0. The van der Waals surface area contributed by atoms with Crippen molar-refractivity contribution in [2.75, 3.05) is 0 Å². The van der Waals surface area contributed by atoms with Crippen molar-refractivity contribution in [3.63, 3.8) is 0 Å². The van der Waals surface area contributed by atoms with Crippen molar-refractivity contribution in [3.8, 4) is 22.6 Å². The lowest BCUT2D eigenvalue weighted by molar-refractivity contribution is 0.0708. The second-order valence-electron chi connectivity index (χ2n) is 7.43. The predicted octanol–water partition coefficient (Wildman–Crippen LogP) is 6.90. The molecule has 0 bridgehead atoms. The molecule has 0 aliphatic carbocycles. The van der Waals surface area contributed by atoms with Crippen LogP contribution in [0, 0.1) is 46.5 Å². The molecule has 38 heavy (non-hydrogen) atoms. The van der Waals surface area contributed by atoms with Gasteiger partial charge in [-0.3, -0.25) is 0 Å². The fraction of sp³-hybridized carbons (Fsp3) is 0. The second-order valence-corrected chi connectivity index (χ2v) is 7.43. The molecule has 0 unspecified atom stereocenters. The Hall–Kier alpha value is -4.74. The van der Waals surface area contributed by atoms with E-state index in [0.29, 0.717) is 0 Å². The number of hydrogen-bond acceptors (Lipinski definition) is 4. The van der Waals surface area contributed by atoms with Crippen LogP contribution in [-0.4, -0.2) is 11.9 Å². The molecule has 0 aromatic heterocycles. The average Bonchev–Trinajstić information content (AvgIpc) is 2.93. The molecule has 0 atom stereocenters. The number of benzene rings is 4. The van der Waals surface area contributed by atoms with Crippen molar-refractivity contribution >= 4 is 11.9 Å². The van der Waals surface area contributed by atoms with Gasteiger partial charge in [0.1, 0.15) is 0 Å². The summed E-state index contributed by atoms with van der Waals surface area (Å²) >= 11 is 0. The lowest BCUT2D eigenvalue weighted by atomic mass is 10.0. The zero-order valence-electron chi connectivity index (χ0n) is 18.4. The van der Waals surface area contributed by atoms with Crippen LogP contribution in [0.1, 0.15) is 20.7 Å². The minimum absolute atomic E-state index is 0.280. The van der Waals surface area contributed by atoms with E-state index in [-0.39, 0.29) is 11.1 Å². The highest BCUT2D eigenvalue weighted by atomic mass is 19.2. The molecule has 0 fully saturated rings. The van der Waals surface area contributed by atoms with Crippen LogP contribution in [0.15, 0.2) is 60.7 Å². The molecule has 0 saturated carbocycles. The molecule has 194 valence electrons. The van der Waals surface area contributed by atoms with Gasteiger partial charge in [-0.1, -0.05) is 36.4 Å². The highest BCUT2D eigenvalue weighted by molar-refractivity contribution is 5.91. The minimum Gasteiger partial charge on any atom is -0.416 e. The quantitative estimate of drug-likeness (QED) is 0.120. The summed E-state index contributed by atoms with van der Waals surface area (Å²) in [5, 5.41) is 0. The van der Waals surface area contributed by atoms with Gasteiger partial charge < -0.3 is 9.47 Å². The Labute approximate surface area is 207 Å². The van der Waals surface area contributed by atoms with Gasteiger partial charge in [-0.05, 0) is 24.3 Å². The molecule has 4 rings (SSSR count). The van der Waals surface area contributed by atoms with Crippen molar-refractivity contribution in [1.82, 2.24) is 0 Å². The van der Waals surface area contributed by atoms with E-state index < -0.39 is 81.1 Å². The Morgan fingerprint density at radius 3 is 0.947 bits per heavy atom. The van der Waals surface area contributed by atoms with Crippen LogP contribution in [0.25, 0.3) is 11.1 Å². The molecule has 4 aromatic carbocycles. The molecule has 4 aromatic rings. The molecule has 0 aliphatic rings. The highest BCUT2D eigenvalue weighted by Gasteiger charge is 2.36. The Kier molecular flexibility index (Phi) is 7.15. The molecule has 0 spiro atoms. The zero-order valence-corrected chi connectivity index (χ0v) is 18.4. The number of halogens is 8. The number of ether oxygens (including phenoxy) is 2. The first-order chi connectivity index (χ1) is 18.0. The van der Waals surface area contributed by atoms with Crippen LogP contribution in [-0.2, 0) is 0 Å². The Balaban J connectivity index is 1.81. The Bertz CT molecular complexity index is 1400. The van der Waals surface area contributed by atoms with E-state index >= 15 is 0 Å². The minimum atomic E-state index is -2.54. The van der Waals surface area contributed by atoms with Gasteiger partial charge in [-0.15, -0.1) is 0 Å². The molecule has 0 N–H and O–H groups in total. The highest BCUT2D eigenvalue weighted by Crippen LogP contribution is 2.42. The maximum Gasteiger partial charge on any atom is 0.343 e. The zero-order chi connectivity index (χ0) is 27.7. The molecule has 0 saturated heterocycles. The summed E-state index contributed by atoms with van der Waals surface area (Å²) in [6, 6.07) is 12.9. The van der Waals surface area contributed by atoms with Crippen LogP contribution in [0.3, 0.4) is 0 Å². The third-order valence-electron chi connectivity index (χ3n) is 5.10. The maximum atomic E-state index is 14.8. The summed E-state index contributed by atoms with van der Waals surface area (Å²) < 4.78 is 126. The normalized spacial score (nSPS) is 10.8. The predicted molar refractivity (Wildman–Crippen MR) is 114 cm³/mol. The van der Waals surface area contributed by atoms with Gasteiger partial charge in [0.15, 0.2) is 23.3 Å². The van der Waals surface area contributed by atoms with Crippen LogP contribution >= 0.6 is 0 Å². The molecular formula is C26H10F8O4. The van der Waals surface area contributed by atoms with E-state index in [1.165, 1.54) is 36.4 Å². The second kappa shape index (κ2) is 10.3. The van der Waals surface area contributed by atoms with E-state index in [0.717, 1.165) is 24.3 Å². The summed E-state index contributed by atoms with van der Waals surface area (Å²) in [5.41, 5.74) is -4.93. The third-order valence-corrected chi connectivity index (χ3v) is 5.10. The number of esters is 2. The molecule has 0 radical (unpaired) electrons. The summed E-state index contributed by atoms with van der Waals surface area (Å²) in [5.74, 6) is -26.6. The van der Waals surface area contributed by atoms with Crippen molar-refractivity contribution in [2.45, 2.75) is 0 Å². The first kappa shape index (κ1) is 26.3. The summed E-state index contributed by atoms with van der Waals surface area (Å²) in [6.07, 6.45) is 0. The van der Waals surface area contributed by atoms with E-state index in [1.54, 1.807) is 0 Å². The van der Waals surface area contributed by atoms with E-state index in [4.69, 9.17) is 0 Å². The number of rotatable bonds is 5. The molecule has 0 amide bonds. The third kappa shape index (κ3) is 4.56. The molecular weight excluding hydrogens is 528 g/mol. The SMILES string of the molecule is O=C(Oc1c(F)c(F)c(-c2c(F)c(F)c(OC(=O)c3ccccc3)c(F)c2F)c(F)c1F)c1ccccc1. The topological polar surface area (TPSA) is 52.6 Å². The number of carbonyl (C=O) groups excluding carboxylic acids is 2. The fourth-order valence-electron chi connectivity index (χ4n) is 3.29. The van der Waals surface area contributed by atoms with Crippen LogP contribution in [0.2, 0.25) is 0 Å². The van der Waals surface area contributed by atoms with E-state index in [2.05, 4.69) is 9.47 Å².